The number of rotatable bonds is 6. The van der Waals surface area contributed by atoms with Gasteiger partial charge in [0.1, 0.15) is 0 Å². The summed E-state index contributed by atoms with van der Waals surface area (Å²) in [6.07, 6.45) is 3.37. The summed E-state index contributed by atoms with van der Waals surface area (Å²) in [7, 11) is 1.66. The number of unbranched alkanes of at least 4 members (excludes halogenated alkanes) is 2. The van der Waals surface area contributed by atoms with Gasteiger partial charge >= 0.3 is 143 Å². The van der Waals surface area contributed by atoms with Crippen LogP contribution in [0.25, 0.3) is 11.3 Å². The van der Waals surface area contributed by atoms with Gasteiger partial charge in [0.15, 0.2) is 0 Å². The molecule has 1 aliphatic rings. The van der Waals surface area contributed by atoms with E-state index in [2.05, 4.69) is 30.0 Å². The second-order valence-electron chi connectivity index (χ2n) is 6.12. The van der Waals surface area contributed by atoms with Crippen LogP contribution in [0.5, 0.6) is 17.2 Å². The summed E-state index contributed by atoms with van der Waals surface area (Å²) in [6, 6.07) is 3.88. The summed E-state index contributed by atoms with van der Waals surface area (Å²) in [5.74, 6) is 2.23. The third kappa shape index (κ3) is 3.10. The fraction of sp³-hybridized carbons (Fsp3) is 0.529. The van der Waals surface area contributed by atoms with Crippen LogP contribution in [-0.4, -0.2) is 37.6 Å². The van der Waals surface area contributed by atoms with E-state index in [0.29, 0.717) is 12.4 Å². The Balaban J connectivity index is 1.95. The molecule has 0 saturated heterocycles. The minimum atomic E-state index is -0.375. The van der Waals surface area contributed by atoms with Crippen LogP contribution in [0, 0.1) is 0 Å². The first-order valence-corrected chi connectivity index (χ1v) is 9.56. The Morgan fingerprint density at radius 1 is 1.22 bits per heavy atom. The number of hydrogen-bond donors (Lipinski definition) is 0. The van der Waals surface area contributed by atoms with E-state index < -0.39 is 0 Å². The third-order valence-electron chi connectivity index (χ3n) is 3.93. The third-order valence-corrected chi connectivity index (χ3v) is 6.09. The molecule has 0 atom stereocenters. The van der Waals surface area contributed by atoms with Crippen molar-refractivity contribution in [2.75, 3.05) is 13.7 Å². The molecule has 124 valence electrons. The summed E-state index contributed by atoms with van der Waals surface area (Å²) in [5, 5.41) is 4.34. The number of hydrogen-bond acceptors (Lipinski definition) is 5. The quantitative estimate of drug-likeness (QED) is 0.567. The number of fused-ring (bicyclic) bond motifs is 3. The molecule has 2 heterocycles. The van der Waals surface area contributed by atoms with E-state index in [4.69, 9.17) is 14.2 Å². The van der Waals surface area contributed by atoms with Gasteiger partial charge < -0.3 is 0 Å². The van der Waals surface area contributed by atoms with Crippen LogP contribution in [0.15, 0.2) is 12.1 Å². The van der Waals surface area contributed by atoms with E-state index in [1.54, 1.807) is 7.11 Å². The summed E-state index contributed by atoms with van der Waals surface area (Å²) >= 11 is 0.0130. The van der Waals surface area contributed by atoms with Crippen LogP contribution in [0.4, 0.5) is 0 Å². The SMILES string of the molecule is CCCCCOc1cc2c(cc1OC)-c1nn[se]c1C(C)(C)O2. The normalized spacial score (nSPS) is 14.6. The number of methoxy groups -OCH3 is 1. The summed E-state index contributed by atoms with van der Waals surface area (Å²) in [6.45, 7) is 6.99. The van der Waals surface area contributed by atoms with Crippen LogP contribution >= 0.6 is 0 Å². The zero-order valence-electron chi connectivity index (χ0n) is 14.0. The molecular weight excluding hydrogens is 359 g/mol. The molecule has 0 fully saturated rings. The van der Waals surface area contributed by atoms with Crippen LogP contribution in [0.3, 0.4) is 0 Å². The van der Waals surface area contributed by atoms with Gasteiger partial charge in [0.25, 0.3) is 0 Å². The standard InChI is InChI=1S/C17H22N2O3Se/c1-5-6-7-8-21-14-10-12-11(9-13(14)20-4)15-16(23-19-18-15)17(2,3)22-12/h9-10H,5-8H2,1-4H3. The average molecular weight is 381 g/mol. The molecule has 2 aromatic rings. The Labute approximate surface area is 142 Å². The minimum absolute atomic E-state index is 0.0130. The van der Waals surface area contributed by atoms with E-state index in [0.717, 1.165) is 35.6 Å². The molecular formula is C17H22N2O3Se. The first-order chi connectivity index (χ1) is 11.1. The van der Waals surface area contributed by atoms with Gasteiger partial charge in [0.2, 0.25) is 0 Å². The van der Waals surface area contributed by atoms with Crippen molar-refractivity contribution in [2.45, 2.75) is 45.6 Å². The van der Waals surface area contributed by atoms with Crippen molar-refractivity contribution >= 4 is 14.7 Å². The van der Waals surface area contributed by atoms with E-state index in [1.807, 2.05) is 12.1 Å². The Morgan fingerprint density at radius 2 is 2.04 bits per heavy atom. The second kappa shape index (κ2) is 6.54. The molecule has 3 rings (SSSR count). The fourth-order valence-corrected chi connectivity index (χ4v) is 4.18. The van der Waals surface area contributed by atoms with E-state index in [-0.39, 0.29) is 20.3 Å². The molecule has 5 nitrogen and oxygen atoms in total. The van der Waals surface area contributed by atoms with Crippen molar-refractivity contribution < 1.29 is 14.2 Å². The maximum atomic E-state index is 6.20. The first-order valence-electron chi connectivity index (χ1n) is 7.94. The molecule has 0 unspecified atom stereocenters. The zero-order valence-corrected chi connectivity index (χ0v) is 15.7. The van der Waals surface area contributed by atoms with Gasteiger partial charge in [-0.25, -0.2) is 0 Å². The number of ether oxygens (including phenoxy) is 3. The van der Waals surface area contributed by atoms with Crippen molar-refractivity contribution in [3.8, 4) is 28.5 Å². The predicted molar refractivity (Wildman–Crippen MR) is 89.6 cm³/mol. The number of benzene rings is 1. The van der Waals surface area contributed by atoms with Crippen molar-refractivity contribution in [1.29, 1.82) is 0 Å². The molecule has 0 amide bonds. The first kappa shape index (κ1) is 16.3. The van der Waals surface area contributed by atoms with Crippen molar-refractivity contribution in [3.63, 3.8) is 0 Å². The molecule has 1 aromatic heterocycles. The average Bonchev–Trinajstić information content (AvgIpc) is 3.02. The molecule has 23 heavy (non-hydrogen) atoms. The molecule has 1 aliphatic heterocycles. The molecule has 0 aliphatic carbocycles. The van der Waals surface area contributed by atoms with Gasteiger partial charge in [-0.3, -0.25) is 0 Å². The van der Waals surface area contributed by atoms with Gasteiger partial charge in [-0.15, -0.1) is 0 Å². The van der Waals surface area contributed by atoms with Crippen LogP contribution in [0.1, 0.15) is 44.5 Å². The molecule has 0 N–H and O–H groups in total. The predicted octanol–water partition coefficient (Wildman–Crippen LogP) is 3.41. The Bertz CT molecular complexity index is 697. The maximum absolute atomic E-state index is 6.20. The van der Waals surface area contributed by atoms with Gasteiger partial charge in [0, 0.05) is 0 Å². The summed E-state index contributed by atoms with van der Waals surface area (Å²) < 4.78 is 23.0. The van der Waals surface area contributed by atoms with Crippen molar-refractivity contribution in [1.82, 2.24) is 9.19 Å². The Hall–Kier alpha value is -1.52. The summed E-state index contributed by atoms with van der Waals surface area (Å²) in [4.78, 5) is 0. The van der Waals surface area contributed by atoms with Gasteiger partial charge in [0.05, 0.1) is 0 Å². The second-order valence-corrected chi connectivity index (χ2v) is 7.70. The molecule has 0 radical (unpaired) electrons. The monoisotopic (exact) mass is 382 g/mol. The van der Waals surface area contributed by atoms with Gasteiger partial charge in [-0.1, -0.05) is 0 Å². The summed E-state index contributed by atoms with van der Waals surface area (Å²) in [5.41, 5.74) is 1.51. The molecule has 0 spiro atoms. The van der Waals surface area contributed by atoms with E-state index >= 15 is 0 Å². The van der Waals surface area contributed by atoms with Crippen LogP contribution in [0.2, 0.25) is 0 Å². The number of nitrogens with zero attached hydrogens (tertiary/aromatic N) is 2. The Kier molecular flexibility index (Phi) is 4.64. The fourth-order valence-electron chi connectivity index (χ4n) is 2.70. The Morgan fingerprint density at radius 3 is 2.78 bits per heavy atom. The topological polar surface area (TPSA) is 53.5 Å². The molecule has 1 aromatic carbocycles. The molecule has 6 heteroatoms. The van der Waals surface area contributed by atoms with Crippen molar-refractivity contribution in [3.05, 3.63) is 16.6 Å². The molecule has 0 saturated carbocycles. The van der Waals surface area contributed by atoms with Crippen LogP contribution < -0.4 is 14.2 Å². The van der Waals surface area contributed by atoms with Crippen LogP contribution in [-0.2, 0) is 5.60 Å². The van der Waals surface area contributed by atoms with Gasteiger partial charge in [-0.2, -0.15) is 0 Å². The van der Waals surface area contributed by atoms with Crippen molar-refractivity contribution in [2.24, 2.45) is 0 Å². The van der Waals surface area contributed by atoms with E-state index in [9.17, 15) is 0 Å². The zero-order chi connectivity index (χ0) is 16.4. The van der Waals surface area contributed by atoms with E-state index in [1.165, 1.54) is 10.9 Å². The molecule has 0 bridgehead atoms. The van der Waals surface area contributed by atoms with Gasteiger partial charge in [-0.05, 0) is 0 Å². The number of aromatic nitrogens is 2.